The maximum absolute atomic E-state index is 5.73. The van der Waals surface area contributed by atoms with E-state index in [1.54, 1.807) is 18.3 Å². The number of hydrogen-bond acceptors (Lipinski definition) is 3. The van der Waals surface area contributed by atoms with Crippen molar-refractivity contribution in [3.63, 3.8) is 0 Å². The second-order valence-electron chi connectivity index (χ2n) is 3.99. The minimum absolute atomic E-state index is 0.462. The summed E-state index contributed by atoms with van der Waals surface area (Å²) in [5.74, 6) is 1.99. The van der Waals surface area contributed by atoms with Gasteiger partial charge in [-0.05, 0) is 35.7 Å². The molecule has 1 aliphatic rings. The number of nitrogens with two attached hydrogens (primary N) is 1. The van der Waals surface area contributed by atoms with E-state index in [1.807, 2.05) is 12.1 Å². The second-order valence-corrected chi connectivity index (χ2v) is 3.99. The van der Waals surface area contributed by atoms with E-state index in [-0.39, 0.29) is 0 Å². The van der Waals surface area contributed by atoms with Crippen molar-refractivity contribution in [3.05, 3.63) is 53.7 Å². The lowest BCUT2D eigenvalue weighted by atomic mass is 10.1. The molecule has 0 unspecified atom stereocenters. The Labute approximate surface area is 99.6 Å². The first-order valence-electron chi connectivity index (χ1n) is 5.50. The molecule has 1 heterocycles. The Hall–Kier alpha value is -2.29. The zero-order valence-electron chi connectivity index (χ0n) is 9.26. The predicted molar refractivity (Wildman–Crippen MR) is 67.9 cm³/mol. The Bertz CT molecular complexity index is 591. The minimum Gasteiger partial charge on any atom is -0.457 e. The summed E-state index contributed by atoms with van der Waals surface area (Å²) in [6.45, 7) is 0. The van der Waals surface area contributed by atoms with Gasteiger partial charge in [-0.1, -0.05) is 18.2 Å². The molecule has 0 saturated carbocycles. The first-order chi connectivity index (χ1) is 8.31. The van der Waals surface area contributed by atoms with Gasteiger partial charge in [0.05, 0.1) is 0 Å². The molecule has 3 rings (SSSR count). The van der Waals surface area contributed by atoms with Crippen LogP contribution in [0, 0.1) is 0 Å². The van der Waals surface area contributed by atoms with Crippen molar-refractivity contribution in [3.8, 4) is 11.5 Å². The number of nitrogens with zero attached hydrogens (tertiary/aromatic N) is 1. The fourth-order valence-corrected chi connectivity index (χ4v) is 1.92. The van der Waals surface area contributed by atoms with Crippen LogP contribution in [0.5, 0.6) is 11.5 Å². The van der Waals surface area contributed by atoms with Crippen LogP contribution in [-0.2, 0) is 6.42 Å². The summed E-state index contributed by atoms with van der Waals surface area (Å²) >= 11 is 0. The molecular weight excluding hydrogens is 212 g/mol. The number of benzene rings is 1. The number of nitrogen functional groups attached to an aromatic ring is 1. The van der Waals surface area contributed by atoms with E-state index < -0.39 is 0 Å². The molecule has 3 nitrogen and oxygen atoms in total. The van der Waals surface area contributed by atoms with Gasteiger partial charge in [-0.3, -0.25) is 0 Å². The average molecular weight is 224 g/mol. The highest BCUT2D eigenvalue weighted by molar-refractivity contribution is 5.61. The van der Waals surface area contributed by atoms with Crippen molar-refractivity contribution in [2.75, 3.05) is 5.73 Å². The number of hydrogen-bond donors (Lipinski definition) is 1. The summed E-state index contributed by atoms with van der Waals surface area (Å²) in [4.78, 5) is 3.93. The monoisotopic (exact) mass is 224 g/mol. The Morgan fingerprint density at radius 3 is 2.88 bits per heavy atom. The fraction of sp³-hybridized carbons (Fsp3) is 0.0714. The van der Waals surface area contributed by atoms with Gasteiger partial charge < -0.3 is 10.5 Å². The van der Waals surface area contributed by atoms with Crippen molar-refractivity contribution in [1.82, 2.24) is 4.98 Å². The second kappa shape index (κ2) is 3.94. The maximum atomic E-state index is 5.73. The number of allylic oxidation sites excluding steroid dienone is 1. The number of ether oxygens (including phenoxy) is 1. The van der Waals surface area contributed by atoms with Gasteiger partial charge in [0.2, 0.25) is 0 Å². The quantitative estimate of drug-likeness (QED) is 0.852. The SMILES string of the molecule is Nc1cc(Oc2ccc3c(c2)C=CC3)ccn1. The Morgan fingerprint density at radius 2 is 2.00 bits per heavy atom. The van der Waals surface area contributed by atoms with Crippen LogP contribution in [-0.4, -0.2) is 4.98 Å². The van der Waals surface area contributed by atoms with Crippen molar-refractivity contribution in [1.29, 1.82) is 0 Å². The standard InChI is InChI=1S/C14H12N2O/c15-14-9-13(6-7-16-14)17-12-5-4-10-2-1-3-11(10)8-12/h1,3-9H,2H2,(H2,15,16). The van der Waals surface area contributed by atoms with E-state index in [1.165, 1.54) is 11.1 Å². The summed E-state index contributed by atoms with van der Waals surface area (Å²) in [5.41, 5.74) is 8.17. The first-order valence-corrected chi connectivity index (χ1v) is 5.50. The molecule has 2 aromatic rings. The molecule has 3 heteroatoms. The van der Waals surface area contributed by atoms with Crippen LogP contribution in [0.1, 0.15) is 11.1 Å². The van der Waals surface area contributed by atoms with E-state index in [2.05, 4.69) is 23.2 Å². The first kappa shape index (κ1) is 9.90. The molecule has 0 aliphatic heterocycles. The number of aromatic nitrogens is 1. The molecule has 2 N–H and O–H groups in total. The summed E-state index contributed by atoms with van der Waals surface area (Å²) in [5, 5.41) is 0. The van der Waals surface area contributed by atoms with Crippen LogP contribution in [0.4, 0.5) is 5.82 Å². The fourth-order valence-electron chi connectivity index (χ4n) is 1.92. The molecule has 17 heavy (non-hydrogen) atoms. The van der Waals surface area contributed by atoms with E-state index in [4.69, 9.17) is 10.5 Å². The Balaban J connectivity index is 1.88. The summed E-state index contributed by atoms with van der Waals surface area (Å²) in [7, 11) is 0. The van der Waals surface area contributed by atoms with Crippen LogP contribution in [0.2, 0.25) is 0 Å². The third kappa shape index (κ3) is 1.99. The van der Waals surface area contributed by atoms with E-state index in [0.717, 1.165) is 12.2 Å². The Kier molecular flexibility index (Phi) is 2.29. The Morgan fingerprint density at radius 1 is 1.12 bits per heavy atom. The number of anilines is 1. The van der Waals surface area contributed by atoms with Gasteiger partial charge >= 0.3 is 0 Å². The zero-order chi connectivity index (χ0) is 11.7. The average Bonchev–Trinajstić information content (AvgIpc) is 2.76. The largest absolute Gasteiger partial charge is 0.457 e. The molecule has 0 fully saturated rings. The summed E-state index contributed by atoms with van der Waals surface area (Å²) < 4.78 is 5.73. The van der Waals surface area contributed by atoms with Crippen molar-refractivity contribution in [2.45, 2.75) is 6.42 Å². The van der Waals surface area contributed by atoms with Gasteiger partial charge in [-0.15, -0.1) is 0 Å². The molecule has 0 saturated heterocycles. The van der Waals surface area contributed by atoms with Gasteiger partial charge in [-0.2, -0.15) is 0 Å². The van der Waals surface area contributed by atoms with Crippen LogP contribution in [0.25, 0.3) is 6.08 Å². The predicted octanol–water partition coefficient (Wildman–Crippen LogP) is 3.03. The molecule has 1 aromatic heterocycles. The third-order valence-corrected chi connectivity index (χ3v) is 2.74. The van der Waals surface area contributed by atoms with Crippen LogP contribution >= 0.6 is 0 Å². The zero-order valence-corrected chi connectivity index (χ0v) is 9.26. The lowest BCUT2D eigenvalue weighted by Crippen LogP contribution is -1.91. The molecule has 0 amide bonds. The molecule has 0 bridgehead atoms. The highest BCUT2D eigenvalue weighted by Gasteiger charge is 2.06. The lowest BCUT2D eigenvalue weighted by Gasteiger charge is -2.07. The maximum Gasteiger partial charge on any atom is 0.132 e. The van der Waals surface area contributed by atoms with Crippen LogP contribution in [0.3, 0.4) is 0 Å². The van der Waals surface area contributed by atoms with E-state index >= 15 is 0 Å². The number of fused-ring (bicyclic) bond motifs is 1. The van der Waals surface area contributed by atoms with Crippen LogP contribution in [0.15, 0.2) is 42.6 Å². The van der Waals surface area contributed by atoms with E-state index in [9.17, 15) is 0 Å². The van der Waals surface area contributed by atoms with Crippen molar-refractivity contribution >= 4 is 11.9 Å². The summed E-state index contributed by atoms with van der Waals surface area (Å²) in [6.07, 6.45) is 6.91. The van der Waals surface area contributed by atoms with Gasteiger partial charge in [0.1, 0.15) is 17.3 Å². The van der Waals surface area contributed by atoms with Gasteiger partial charge in [0, 0.05) is 12.3 Å². The van der Waals surface area contributed by atoms with Crippen LogP contribution < -0.4 is 10.5 Å². The smallest absolute Gasteiger partial charge is 0.132 e. The van der Waals surface area contributed by atoms with Crippen molar-refractivity contribution in [2.24, 2.45) is 0 Å². The molecule has 1 aromatic carbocycles. The van der Waals surface area contributed by atoms with Gasteiger partial charge in [0.25, 0.3) is 0 Å². The highest BCUT2D eigenvalue weighted by Crippen LogP contribution is 2.27. The minimum atomic E-state index is 0.462. The highest BCUT2D eigenvalue weighted by atomic mass is 16.5. The van der Waals surface area contributed by atoms with Gasteiger partial charge in [-0.25, -0.2) is 4.98 Å². The van der Waals surface area contributed by atoms with Gasteiger partial charge in [0.15, 0.2) is 0 Å². The molecule has 0 spiro atoms. The molecule has 0 atom stereocenters. The van der Waals surface area contributed by atoms with Crippen molar-refractivity contribution < 1.29 is 4.74 Å². The number of rotatable bonds is 2. The molecule has 1 aliphatic carbocycles. The van der Waals surface area contributed by atoms with E-state index in [0.29, 0.717) is 11.6 Å². The third-order valence-electron chi connectivity index (χ3n) is 2.74. The lowest BCUT2D eigenvalue weighted by molar-refractivity contribution is 0.482. The molecular formula is C14H12N2O. The molecule has 0 radical (unpaired) electrons. The normalized spacial score (nSPS) is 12.5. The summed E-state index contributed by atoms with van der Waals surface area (Å²) in [6, 6.07) is 9.61. The molecule has 84 valence electrons. The topological polar surface area (TPSA) is 48.1 Å². The number of pyridine rings is 1.